The van der Waals surface area contributed by atoms with Gasteiger partial charge in [0.15, 0.2) is 6.29 Å². The smallest absolute Gasteiger partial charge is 0.406 e. The van der Waals surface area contributed by atoms with Gasteiger partial charge in [0.05, 0.1) is 11.8 Å². The monoisotopic (exact) mass is 595 g/mol. The standard InChI is InChI=1S/C13H24N2O.C10H6F3NO2.C8H8F2/c1-5-6-11(2)7-12(3)8-15-10-13(16)9-14-4;11-10(12,13)16-8-1-2-9-6(4-8)3-7(5-15)14-9;1-6-2-3-7(9)5-8(10)4-6/h5-7,13-16H,1,8-10H2,2-4H3;1-5,14H;3-5H,2H2,1H3/b11-6-,12-7+;;. The number of carbonyl (C=O) groups is 1. The second-order valence-corrected chi connectivity index (χ2v) is 9.43. The molecular weight excluding hydrogens is 557 g/mol. The number of aldehydes is 1. The number of rotatable bonds is 10. The molecule has 0 spiro atoms. The highest BCUT2D eigenvalue weighted by Gasteiger charge is 2.31. The lowest BCUT2D eigenvalue weighted by atomic mass is 10.2. The summed E-state index contributed by atoms with van der Waals surface area (Å²) in [4.78, 5) is 13.2. The maximum atomic E-state index is 12.4. The summed E-state index contributed by atoms with van der Waals surface area (Å²) in [6.45, 7) is 11.5. The van der Waals surface area contributed by atoms with Crippen LogP contribution in [0.5, 0.6) is 5.75 Å². The number of aromatic amines is 1. The molecule has 1 aromatic heterocycles. The summed E-state index contributed by atoms with van der Waals surface area (Å²) in [6.07, 6.45) is 5.49. The molecule has 0 radical (unpaired) electrons. The van der Waals surface area contributed by atoms with Crippen LogP contribution in [0.4, 0.5) is 22.0 Å². The zero-order valence-corrected chi connectivity index (χ0v) is 24.1. The molecule has 1 aromatic carbocycles. The van der Waals surface area contributed by atoms with Gasteiger partial charge in [-0.05, 0) is 70.7 Å². The first-order valence-corrected chi connectivity index (χ1v) is 13.0. The Morgan fingerprint density at radius 1 is 1.17 bits per heavy atom. The Hall–Kier alpha value is -3.80. The van der Waals surface area contributed by atoms with Crippen molar-refractivity contribution in [3.05, 3.63) is 101 Å². The molecule has 0 saturated heterocycles. The van der Waals surface area contributed by atoms with Crippen LogP contribution in [-0.4, -0.2) is 55.5 Å². The normalized spacial score (nSPS) is 14.7. The molecule has 0 aliphatic heterocycles. The third kappa shape index (κ3) is 15.8. The predicted octanol–water partition coefficient (Wildman–Crippen LogP) is 7.16. The Labute approximate surface area is 243 Å². The molecule has 1 unspecified atom stereocenters. The number of allylic oxidation sites excluding steroid dienone is 10. The number of benzene rings is 1. The number of aliphatic hydroxyl groups excluding tert-OH is 1. The van der Waals surface area contributed by atoms with Crippen LogP contribution in [0.2, 0.25) is 0 Å². The Morgan fingerprint density at radius 3 is 2.50 bits per heavy atom. The van der Waals surface area contributed by atoms with Gasteiger partial charge in [0.25, 0.3) is 0 Å². The Kier molecular flexibility index (Phi) is 16.0. The van der Waals surface area contributed by atoms with E-state index >= 15 is 0 Å². The molecular formula is C31H38F5N3O3. The lowest BCUT2D eigenvalue weighted by Crippen LogP contribution is -2.34. The van der Waals surface area contributed by atoms with Crippen LogP contribution >= 0.6 is 0 Å². The van der Waals surface area contributed by atoms with Crippen LogP contribution < -0.4 is 15.4 Å². The Morgan fingerprint density at radius 2 is 1.88 bits per heavy atom. The zero-order valence-electron chi connectivity index (χ0n) is 24.1. The van der Waals surface area contributed by atoms with Gasteiger partial charge < -0.3 is 25.5 Å². The molecule has 2 aromatic rings. The summed E-state index contributed by atoms with van der Waals surface area (Å²) in [6, 6.07) is 5.27. The van der Waals surface area contributed by atoms with Crippen molar-refractivity contribution in [2.75, 3.05) is 26.7 Å². The van der Waals surface area contributed by atoms with E-state index in [9.17, 15) is 31.9 Å². The van der Waals surface area contributed by atoms with E-state index < -0.39 is 18.0 Å². The van der Waals surface area contributed by atoms with Crippen LogP contribution in [0.15, 0.2) is 95.7 Å². The van der Waals surface area contributed by atoms with Crippen molar-refractivity contribution in [1.29, 1.82) is 0 Å². The zero-order chi connectivity index (χ0) is 31.7. The molecule has 1 atom stereocenters. The summed E-state index contributed by atoms with van der Waals surface area (Å²) in [5.41, 5.74) is 4.15. The van der Waals surface area contributed by atoms with Crippen LogP contribution in [0, 0.1) is 0 Å². The maximum absolute atomic E-state index is 12.4. The molecule has 1 heterocycles. The highest BCUT2D eigenvalue weighted by molar-refractivity contribution is 5.88. The molecule has 230 valence electrons. The van der Waals surface area contributed by atoms with E-state index in [0.29, 0.717) is 42.4 Å². The number of ether oxygens (including phenoxy) is 1. The molecule has 0 saturated carbocycles. The van der Waals surface area contributed by atoms with E-state index in [-0.39, 0.29) is 11.9 Å². The third-order valence-electron chi connectivity index (χ3n) is 5.33. The predicted molar refractivity (Wildman–Crippen MR) is 158 cm³/mol. The van der Waals surface area contributed by atoms with Gasteiger partial charge in [-0.15, -0.1) is 13.2 Å². The first kappa shape index (κ1) is 36.2. The second-order valence-electron chi connectivity index (χ2n) is 9.43. The molecule has 42 heavy (non-hydrogen) atoms. The van der Waals surface area contributed by atoms with Crippen molar-refractivity contribution in [1.82, 2.24) is 15.6 Å². The van der Waals surface area contributed by atoms with Crippen LogP contribution in [0.1, 0.15) is 37.7 Å². The molecule has 0 fully saturated rings. The average Bonchev–Trinajstić information content (AvgIpc) is 3.23. The molecule has 3 rings (SSSR count). The van der Waals surface area contributed by atoms with Crippen molar-refractivity contribution in [3.8, 4) is 5.75 Å². The fraction of sp³-hybridized carbons (Fsp3) is 0.323. The summed E-state index contributed by atoms with van der Waals surface area (Å²) in [5, 5.41) is 16.1. The lowest BCUT2D eigenvalue weighted by molar-refractivity contribution is -0.274. The van der Waals surface area contributed by atoms with Gasteiger partial charge in [-0.3, -0.25) is 4.79 Å². The largest absolute Gasteiger partial charge is 0.573 e. The van der Waals surface area contributed by atoms with E-state index in [2.05, 4.69) is 39.9 Å². The van der Waals surface area contributed by atoms with E-state index in [1.54, 1.807) is 13.0 Å². The summed E-state index contributed by atoms with van der Waals surface area (Å²) in [5.74, 6) is -1.31. The van der Waals surface area contributed by atoms with E-state index in [1.165, 1.54) is 47.6 Å². The number of aromatic nitrogens is 1. The van der Waals surface area contributed by atoms with E-state index in [1.807, 2.05) is 20.0 Å². The minimum atomic E-state index is -4.71. The van der Waals surface area contributed by atoms with Crippen molar-refractivity contribution in [2.24, 2.45) is 0 Å². The van der Waals surface area contributed by atoms with Crippen LogP contribution in [0.25, 0.3) is 10.9 Å². The first-order valence-electron chi connectivity index (χ1n) is 13.0. The molecule has 6 nitrogen and oxygen atoms in total. The number of aliphatic hydroxyl groups is 1. The lowest BCUT2D eigenvalue weighted by Gasteiger charge is -2.11. The number of fused-ring (bicyclic) bond motifs is 1. The van der Waals surface area contributed by atoms with Crippen molar-refractivity contribution >= 4 is 17.2 Å². The van der Waals surface area contributed by atoms with Crippen molar-refractivity contribution < 1.29 is 36.6 Å². The summed E-state index contributed by atoms with van der Waals surface area (Å²) < 4.78 is 64.4. The van der Waals surface area contributed by atoms with E-state index in [4.69, 9.17) is 0 Å². The molecule has 11 heteroatoms. The molecule has 0 amide bonds. The van der Waals surface area contributed by atoms with Gasteiger partial charge in [-0.1, -0.05) is 41.5 Å². The molecule has 1 aliphatic rings. The van der Waals surface area contributed by atoms with Gasteiger partial charge in [0, 0.05) is 36.6 Å². The first-order chi connectivity index (χ1) is 19.8. The number of halogens is 5. The number of nitrogens with one attached hydrogen (secondary N) is 3. The van der Waals surface area contributed by atoms with Gasteiger partial charge in [0.1, 0.15) is 17.4 Å². The Balaban J connectivity index is 0.000000324. The highest BCUT2D eigenvalue weighted by Crippen LogP contribution is 2.26. The number of likely N-dealkylation sites (N-methyl/N-ethyl adjacent to an activating group) is 1. The maximum Gasteiger partial charge on any atom is 0.573 e. The number of carbonyl (C=O) groups excluding carboxylic acids is 1. The van der Waals surface area contributed by atoms with Crippen LogP contribution in [0.3, 0.4) is 0 Å². The number of alkyl halides is 3. The quantitative estimate of drug-likeness (QED) is 0.133. The number of hydrogen-bond donors (Lipinski definition) is 4. The van der Waals surface area contributed by atoms with Gasteiger partial charge in [-0.25, -0.2) is 8.78 Å². The summed E-state index contributed by atoms with van der Waals surface area (Å²) in [7, 11) is 1.83. The molecule has 4 N–H and O–H groups in total. The number of hydrogen-bond acceptors (Lipinski definition) is 5. The fourth-order valence-corrected chi connectivity index (χ4v) is 3.60. The molecule has 0 bridgehead atoms. The van der Waals surface area contributed by atoms with Gasteiger partial charge in [-0.2, -0.15) is 0 Å². The fourth-order valence-electron chi connectivity index (χ4n) is 3.60. The van der Waals surface area contributed by atoms with E-state index in [0.717, 1.165) is 18.2 Å². The van der Waals surface area contributed by atoms with Gasteiger partial charge in [0.2, 0.25) is 0 Å². The summed E-state index contributed by atoms with van der Waals surface area (Å²) >= 11 is 0. The van der Waals surface area contributed by atoms with Crippen LogP contribution in [-0.2, 0) is 0 Å². The second kappa shape index (κ2) is 18.6. The third-order valence-corrected chi connectivity index (χ3v) is 5.33. The minimum Gasteiger partial charge on any atom is -0.406 e. The minimum absolute atomic E-state index is 0.305. The average molecular weight is 596 g/mol. The number of H-pyrrole nitrogens is 1. The molecule has 1 aliphatic carbocycles. The Bertz CT molecular complexity index is 1320. The van der Waals surface area contributed by atoms with Gasteiger partial charge >= 0.3 is 6.36 Å². The SMILES string of the molecule is C=C/C=C(C)\C=C(/C)CNCC(O)CNC.CC1=CC(F)=CC(F)=CC1.O=Cc1cc2cc(OC(F)(F)F)ccc2[nH]1. The highest BCUT2D eigenvalue weighted by atomic mass is 19.4. The topological polar surface area (TPSA) is 86.4 Å². The van der Waals surface area contributed by atoms with Crippen molar-refractivity contribution in [3.63, 3.8) is 0 Å². The van der Waals surface area contributed by atoms with Crippen molar-refractivity contribution in [2.45, 2.75) is 39.7 Å².